The van der Waals surface area contributed by atoms with Crippen molar-refractivity contribution in [2.24, 2.45) is 0 Å². The third kappa shape index (κ3) is 3.70. The van der Waals surface area contributed by atoms with Gasteiger partial charge in [0.25, 0.3) is 5.91 Å². The number of aromatic nitrogens is 1. The summed E-state index contributed by atoms with van der Waals surface area (Å²) in [6.07, 6.45) is 0.579. The Bertz CT molecular complexity index is 615. The number of amides is 1. The van der Waals surface area contributed by atoms with Crippen LogP contribution >= 0.6 is 23.2 Å². The zero-order chi connectivity index (χ0) is 14.5. The highest BCUT2D eigenvalue weighted by Gasteiger charge is 2.13. The zero-order valence-electron chi connectivity index (χ0n) is 10.4. The fraction of sp³-hybridized carbons (Fsp3) is 0.143. The van der Waals surface area contributed by atoms with Gasteiger partial charge in [-0.2, -0.15) is 0 Å². The van der Waals surface area contributed by atoms with Gasteiger partial charge in [0.05, 0.1) is 5.02 Å². The Hall–Kier alpha value is -1.62. The van der Waals surface area contributed by atoms with E-state index in [0.29, 0.717) is 12.1 Å². The second-order valence-corrected chi connectivity index (χ2v) is 4.88. The Kier molecular flexibility index (Phi) is 4.95. The minimum Gasteiger partial charge on any atom is -0.396 e. The standard InChI is InChI=1S/C14H12Cl2N2O2/c15-11-5-6-12(16)18-13(11)14(20)17-10-3-1-9(2-4-10)7-8-19/h1-6,19H,7-8H2,(H,17,20). The third-order valence-electron chi connectivity index (χ3n) is 2.64. The molecule has 0 fully saturated rings. The molecule has 1 aromatic heterocycles. The molecule has 0 aliphatic rings. The van der Waals surface area contributed by atoms with E-state index in [2.05, 4.69) is 10.3 Å². The van der Waals surface area contributed by atoms with E-state index in [1.807, 2.05) is 12.1 Å². The first kappa shape index (κ1) is 14.8. The van der Waals surface area contributed by atoms with Crippen LogP contribution in [0.15, 0.2) is 36.4 Å². The molecule has 0 bridgehead atoms. The van der Waals surface area contributed by atoms with Crippen LogP contribution in [0.2, 0.25) is 10.2 Å². The van der Waals surface area contributed by atoms with E-state index in [-0.39, 0.29) is 22.5 Å². The highest BCUT2D eigenvalue weighted by molar-refractivity contribution is 6.35. The Morgan fingerprint density at radius 3 is 2.50 bits per heavy atom. The lowest BCUT2D eigenvalue weighted by Gasteiger charge is -2.07. The molecular weight excluding hydrogens is 299 g/mol. The van der Waals surface area contributed by atoms with Crippen LogP contribution in [-0.4, -0.2) is 22.6 Å². The molecule has 1 heterocycles. The first-order valence-electron chi connectivity index (χ1n) is 5.93. The van der Waals surface area contributed by atoms with Crippen molar-refractivity contribution < 1.29 is 9.90 Å². The molecule has 0 atom stereocenters. The summed E-state index contributed by atoms with van der Waals surface area (Å²) in [5.74, 6) is -0.424. The van der Waals surface area contributed by atoms with Gasteiger partial charge in [0.2, 0.25) is 0 Å². The van der Waals surface area contributed by atoms with E-state index in [1.54, 1.807) is 12.1 Å². The maximum atomic E-state index is 12.0. The predicted octanol–water partition coefficient (Wildman–Crippen LogP) is 3.18. The van der Waals surface area contributed by atoms with Gasteiger partial charge < -0.3 is 10.4 Å². The molecule has 0 radical (unpaired) electrons. The number of pyridine rings is 1. The first-order chi connectivity index (χ1) is 9.60. The summed E-state index contributed by atoms with van der Waals surface area (Å²) in [6, 6.07) is 10.2. The van der Waals surface area contributed by atoms with Gasteiger partial charge in [0.15, 0.2) is 0 Å². The second-order valence-electron chi connectivity index (χ2n) is 4.09. The third-order valence-corrected chi connectivity index (χ3v) is 3.15. The summed E-state index contributed by atoms with van der Waals surface area (Å²) in [6.45, 7) is 0.0910. The summed E-state index contributed by atoms with van der Waals surface area (Å²) in [5.41, 5.74) is 1.69. The molecule has 1 aromatic carbocycles. The topological polar surface area (TPSA) is 62.2 Å². The predicted molar refractivity (Wildman–Crippen MR) is 79.4 cm³/mol. The summed E-state index contributed by atoms with van der Waals surface area (Å²) < 4.78 is 0. The van der Waals surface area contributed by atoms with E-state index in [4.69, 9.17) is 28.3 Å². The fourth-order valence-corrected chi connectivity index (χ4v) is 1.99. The van der Waals surface area contributed by atoms with Crippen LogP contribution in [0.3, 0.4) is 0 Å². The van der Waals surface area contributed by atoms with Crippen molar-refractivity contribution in [3.8, 4) is 0 Å². The number of aliphatic hydroxyl groups is 1. The first-order valence-corrected chi connectivity index (χ1v) is 6.69. The lowest BCUT2D eigenvalue weighted by atomic mass is 10.1. The molecule has 0 saturated heterocycles. The van der Waals surface area contributed by atoms with Crippen molar-refractivity contribution in [2.45, 2.75) is 6.42 Å². The highest BCUT2D eigenvalue weighted by atomic mass is 35.5. The van der Waals surface area contributed by atoms with Crippen molar-refractivity contribution in [1.29, 1.82) is 0 Å². The summed E-state index contributed by atoms with van der Waals surface area (Å²) in [5, 5.41) is 12.0. The lowest BCUT2D eigenvalue weighted by Crippen LogP contribution is -2.14. The van der Waals surface area contributed by atoms with Gasteiger partial charge in [-0.3, -0.25) is 4.79 Å². The molecule has 20 heavy (non-hydrogen) atoms. The van der Waals surface area contributed by atoms with Crippen LogP contribution in [0.5, 0.6) is 0 Å². The molecule has 0 spiro atoms. The van der Waals surface area contributed by atoms with Gasteiger partial charge in [0.1, 0.15) is 10.8 Å². The Balaban J connectivity index is 2.13. The van der Waals surface area contributed by atoms with Gasteiger partial charge in [0, 0.05) is 12.3 Å². The Morgan fingerprint density at radius 2 is 1.85 bits per heavy atom. The monoisotopic (exact) mass is 310 g/mol. The van der Waals surface area contributed by atoms with Crippen molar-refractivity contribution in [1.82, 2.24) is 4.98 Å². The minimum atomic E-state index is -0.424. The van der Waals surface area contributed by atoms with Gasteiger partial charge >= 0.3 is 0 Å². The number of carbonyl (C=O) groups excluding carboxylic acids is 1. The molecule has 0 aliphatic carbocycles. The van der Waals surface area contributed by atoms with Crippen molar-refractivity contribution in [3.63, 3.8) is 0 Å². The maximum Gasteiger partial charge on any atom is 0.275 e. The largest absolute Gasteiger partial charge is 0.396 e. The molecule has 104 valence electrons. The highest BCUT2D eigenvalue weighted by Crippen LogP contribution is 2.18. The zero-order valence-corrected chi connectivity index (χ0v) is 11.9. The lowest BCUT2D eigenvalue weighted by molar-refractivity contribution is 0.102. The fourth-order valence-electron chi connectivity index (χ4n) is 1.65. The molecule has 2 rings (SSSR count). The number of carbonyl (C=O) groups is 1. The molecule has 4 nitrogen and oxygen atoms in total. The average Bonchev–Trinajstić information content (AvgIpc) is 2.44. The Labute approximate surface area is 126 Å². The molecule has 6 heteroatoms. The number of nitrogens with zero attached hydrogens (tertiary/aromatic N) is 1. The molecule has 0 saturated carbocycles. The smallest absolute Gasteiger partial charge is 0.275 e. The van der Waals surface area contributed by atoms with Crippen LogP contribution in [0.1, 0.15) is 16.1 Å². The van der Waals surface area contributed by atoms with Crippen LogP contribution in [0.25, 0.3) is 0 Å². The number of nitrogens with one attached hydrogen (secondary N) is 1. The number of hydrogen-bond donors (Lipinski definition) is 2. The van der Waals surface area contributed by atoms with E-state index in [1.165, 1.54) is 12.1 Å². The normalized spacial score (nSPS) is 10.3. The number of halogens is 2. The molecule has 0 unspecified atom stereocenters. The van der Waals surface area contributed by atoms with E-state index < -0.39 is 5.91 Å². The van der Waals surface area contributed by atoms with E-state index in [9.17, 15) is 4.79 Å². The molecule has 2 N–H and O–H groups in total. The molecule has 1 amide bonds. The number of rotatable bonds is 4. The van der Waals surface area contributed by atoms with Crippen LogP contribution < -0.4 is 5.32 Å². The molecule has 0 aliphatic heterocycles. The van der Waals surface area contributed by atoms with Gasteiger partial charge in [-0.1, -0.05) is 35.3 Å². The molecular formula is C14H12Cl2N2O2. The quantitative estimate of drug-likeness (QED) is 0.853. The summed E-state index contributed by atoms with van der Waals surface area (Å²) in [7, 11) is 0. The van der Waals surface area contributed by atoms with Gasteiger partial charge in [-0.05, 0) is 36.2 Å². The van der Waals surface area contributed by atoms with Crippen molar-refractivity contribution in [3.05, 3.63) is 57.8 Å². The maximum absolute atomic E-state index is 12.0. The van der Waals surface area contributed by atoms with Crippen LogP contribution in [-0.2, 0) is 6.42 Å². The number of aliphatic hydroxyl groups excluding tert-OH is 1. The van der Waals surface area contributed by atoms with E-state index in [0.717, 1.165) is 5.56 Å². The number of anilines is 1. The number of hydrogen-bond acceptors (Lipinski definition) is 3. The SMILES string of the molecule is O=C(Nc1ccc(CCO)cc1)c1nc(Cl)ccc1Cl. The van der Waals surface area contributed by atoms with Gasteiger partial charge in [-0.25, -0.2) is 4.98 Å². The van der Waals surface area contributed by atoms with Crippen molar-refractivity contribution >= 4 is 34.8 Å². The molecule has 2 aromatic rings. The summed E-state index contributed by atoms with van der Waals surface area (Å²) in [4.78, 5) is 15.9. The Morgan fingerprint density at radius 1 is 1.15 bits per heavy atom. The second kappa shape index (κ2) is 6.70. The number of benzene rings is 1. The van der Waals surface area contributed by atoms with Crippen molar-refractivity contribution in [2.75, 3.05) is 11.9 Å². The minimum absolute atomic E-state index is 0.0820. The summed E-state index contributed by atoms with van der Waals surface area (Å²) >= 11 is 11.7. The van der Waals surface area contributed by atoms with Crippen LogP contribution in [0, 0.1) is 0 Å². The van der Waals surface area contributed by atoms with Crippen LogP contribution in [0.4, 0.5) is 5.69 Å². The van der Waals surface area contributed by atoms with E-state index >= 15 is 0 Å². The van der Waals surface area contributed by atoms with Gasteiger partial charge in [-0.15, -0.1) is 0 Å². The average molecular weight is 311 g/mol.